The van der Waals surface area contributed by atoms with Gasteiger partial charge in [0.15, 0.2) is 0 Å². The third-order valence-corrected chi connectivity index (χ3v) is 10.6. The molecule has 3 aliphatic rings. The fraction of sp³-hybridized carbons (Fsp3) is 0.163. The Hall–Kier alpha value is -5.28. The summed E-state index contributed by atoms with van der Waals surface area (Å²) in [5.74, 6) is 0.810. The van der Waals surface area contributed by atoms with E-state index in [1.165, 1.54) is 44.7 Å². The van der Waals surface area contributed by atoms with Gasteiger partial charge >= 0.3 is 0 Å². The first-order valence-electron chi connectivity index (χ1n) is 16.4. The van der Waals surface area contributed by atoms with Crippen LogP contribution in [0.2, 0.25) is 0 Å². The normalized spacial score (nSPS) is 23.0. The second kappa shape index (κ2) is 10.4. The molecule has 0 saturated carbocycles. The van der Waals surface area contributed by atoms with Crippen LogP contribution in [0.4, 0.5) is 5.69 Å². The average Bonchev–Trinajstić information content (AvgIpc) is 3.45. The molecule has 2 aliphatic carbocycles. The summed E-state index contributed by atoms with van der Waals surface area (Å²) >= 11 is 0. The van der Waals surface area contributed by atoms with E-state index in [1.807, 2.05) is 24.4 Å². The number of aliphatic imine (C=N–C) groups is 1. The van der Waals surface area contributed by atoms with Crippen LogP contribution < -0.4 is 0 Å². The number of benzene rings is 4. The highest BCUT2D eigenvalue weighted by Crippen LogP contribution is 2.59. The number of aromatic nitrogens is 2. The molecule has 1 aliphatic heterocycles. The summed E-state index contributed by atoms with van der Waals surface area (Å²) in [5.41, 5.74) is 14.3. The number of para-hydroxylation sites is 1. The van der Waals surface area contributed by atoms with E-state index in [1.54, 1.807) is 0 Å². The fourth-order valence-electron chi connectivity index (χ4n) is 8.30. The number of allylic oxidation sites excluding steroid dienone is 4. The predicted molar refractivity (Wildman–Crippen MR) is 189 cm³/mol. The molecule has 0 amide bonds. The maximum absolute atomic E-state index is 5.53. The lowest BCUT2D eigenvalue weighted by molar-refractivity contribution is 0.518. The Kier molecular flexibility index (Phi) is 6.11. The second-order valence-electron chi connectivity index (χ2n) is 13.3. The Morgan fingerprint density at radius 3 is 2.35 bits per heavy atom. The minimum Gasteiger partial charge on any atom is -0.306 e. The van der Waals surface area contributed by atoms with Gasteiger partial charge in [-0.25, -0.2) is 4.98 Å². The molecule has 0 N–H and O–H groups in total. The molecule has 2 aromatic heterocycles. The van der Waals surface area contributed by atoms with Gasteiger partial charge in [0.2, 0.25) is 0 Å². The number of hydrogen-bond donors (Lipinski definition) is 0. The molecule has 4 atom stereocenters. The summed E-state index contributed by atoms with van der Waals surface area (Å²) in [6.07, 6.45) is 12.4. The summed E-state index contributed by atoms with van der Waals surface area (Å²) in [4.78, 5) is 10.4. The Morgan fingerprint density at radius 1 is 0.761 bits per heavy atom. The average molecular weight is 594 g/mol. The van der Waals surface area contributed by atoms with Crippen LogP contribution in [0.5, 0.6) is 0 Å². The number of rotatable bonds is 3. The van der Waals surface area contributed by atoms with Gasteiger partial charge in [0.25, 0.3) is 0 Å². The van der Waals surface area contributed by atoms with Crippen LogP contribution >= 0.6 is 0 Å². The van der Waals surface area contributed by atoms with Crippen molar-refractivity contribution in [2.24, 2.45) is 10.9 Å². The van der Waals surface area contributed by atoms with Crippen molar-refractivity contribution in [2.45, 2.75) is 37.5 Å². The highest BCUT2D eigenvalue weighted by atomic mass is 15.0. The van der Waals surface area contributed by atoms with Gasteiger partial charge in [-0.2, -0.15) is 0 Å². The quantitative estimate of drug-likeness (QED) is 0.201. The predicted octanol–water partition coefficient (Wildman–Crippen LogP) is 10.5. The van der Waals surface area contributed by atoms with E-state index in [9.17, 15) is 0 Å². The molecular weight excluding hydrogens is 558 g/mol. The SMILES string of the molecule is CC1CC=CC(C2=Nc3ccccc3C3(C)c4ccccc4-c4ccccc4C23)=CC1c1ccc(-c2cn3ccccc3n2)cc1. The molecule has 3 heteroatoms. The lowest BCUT2D eigenvalue weighted by Gasteiger charge is -2.48. The monoisotopic (exact) mass is 593 g/mol. The van der Waals surface area contributed by atoms with Gasteiger partial charge in [-0.3, -0.25) is 4.99 Å². The summed E-state index contributed by atoms with van der Waals surface area (Å²) in [6, 6.07) is 41.9. The van der Waals surface area contributed by atoms with Crippen LogP contribution in [0.1, 0.15) is 54.4 Å². The molecule has 0 bridgehead atoms. The molecule has 4 aromatic carbocycles. The van der Waals surface area contributed by atoms with E-state index in [-0.39, 0.29) is 17.3 Å². The zero-order valence-electron chi connectivity index (χ0n) is 26.1. The Labute approximate surface area is 270 Å². The van der Waals surface area contributed by atoms with Gasteiger partial charge in [0.1, 0.15) is 5.65 Å². The van der Waals surface area contributed by atoms with Crippen molar-refractivity contribution in [1.82, 2.24) is 9.38 Å². The van der Waals surface area contributed by atoms with E-state index in [0.29, 0.717) is 5.92 Å². The highest BCUT2D eigenvalue weighted by molar-refractivity contribution is 6.12. The largest absolute Gasteiger partial charge is 0.306 e. The Bertz CT molecular complexity index is 2200. The second-order valence-corrected chi connectivity index (χ2v) is 13.3. The van der Waals surface area contributed by atoms with E-state index >= 15 is 0 Å². The molecular formula is C43H35N3. The van der Waals surface area contributed by atoms with Gasteiger partial charge in [-0.15, -0.1) is 0 Å². The summed E-state index contributed by atoms with van der Waals surface area (Å²) < 4.78 is 2.08. The number of hydrogen-bond acceptors (Lipinski definition) is 2. The van der Waals surface area contributed by atoms with Crippen LogP contribution in [-0.2, 0) is 5.41 Å². The molecule has 6 aromatic rings. The summed E-state index contributed by atoms with van der Waals surface area (Å²) in [6.45, 7) is 4.82. The lowest BCUT2D eigenvalue weighted by atomic mass is 9.56. The zero-order chi connectivity index (χ0) is 30.8. The fourth-order valence-corrected chi connectivity index (χ4v) is 8.30. The van der Waals surface area contributed by atoms with Crippen LogP contribution in [0, 0.1) is 5.92 Å². The smallest absolute Gasteiger partial charge is 0.137 e. The molecule has 0 radical (unpaired) electrons. The van der Waals surface area contributed by atoms with Crippen molar-refractivity contribution in [2.75, 3.05) is 0 Å². The summed E-state index contributed by atoms with van der Waals surface area (Å²) in [7, 11) is 0. The third-order valence-electron chi connectivity index (χ3n) is 10.6. The molecule has 9 rings (SSSR count). The summed E-state index contributed by atoms with van der Waals surface area (Å²) in [5, 5.41) is 0. The molecule has 222 valence electrons. The minimum atomic E-state index is -0.254. The standard InChI is InChI=1S/C43H35N3/c1-28-12-11-13-31(26-35(28)29-21-23-30(24-22-29)39-27-46-25-10-9-20-40(46)44-39)42-41-34-16-4-3-14-32(34)33-15-5-6-17-36(33)43(41,2)37-18-7-8-19-38(37)45-42/h3-11,13-28,35,41H,12H2,1-2H3. The van der Waals surface area contributed by atoms with Crippen molar-refractivity contribution >= 4 is 17.0 Å². The van der Waals surface area contributed by atoms with Crippen molar-refractivity contribution in [3.63, 3.8) is 0 Å². The van der Waals surface area contributed by atoms with Gasteiger partial charge in [-0.05, 0) is 69.5 Å². The van der Waals surface area contributed by atoms with Gasteiger partial charge in [0.05, 0.1) is 17.1 Å². The van der Waals surface area contributed by atoms with Crippen LogP contribution in [-0.4, -0.2) is 15.1 Å². The van der Waals surface area contributed by atoms with E-state index < -0.39 is 0 Å². The molecule has 4 unspecified atom stereocenters. The minimum absolute atomic E-state index is 0.0934. The molecule has 3 heterocycles. The maximum Gasteiger partial charge on any atom is 0.137 e. The molecule has 46 heavy (non-hydrogen) atoms. The third kappa shape index (κ3) is 4.04. The van der Waals surface area contributed by atoms with Crippen molar-refractivity contribution < 1.29 is 0 Å². The highest BCUT2D eigenvalue weighted by Gasteiger charge is 2.50. The van der Waals surface area contributed by atoms with Gasteiger partial charge < -0.3 is 4.40 Å². The van der Waals surface area contributed by atoms with Crippen molar-refractivity contribution in [1.29, 1.82) is 0 Å². The van der Waals surface area contributed by atoms with Crippen LogP contribution in [0.25, 0.3) is 28.0 Å². The van der Waals surface area contributed by atoms with E-state index in [2.05, 4.69) is 140 Å². The number of nitrogens with zero attached hydrogens (tertiary/aromatic N) is 3. The van der Waals surface area contributed by atoms with E-state index in [0.717, 1.165) is 29.0 Å². The molecule has 0 fully saturated rings. The lowest BCUT2D eigenvalue weighted by Crippen LogP contribution is -2.42. The number of pyridine rings is 1. The topological polar surface area (TPSA) is 29.7 Å². The van der Waals surface area contributed by atoms with E-state index in [4.69, 9.17) is 9.98 Å². The Morgan fingerprint density at radius 2 is 1.50 bits per heavy atom. The first-order valence-corrected chi connectivity index (χ1v) is 16.4. The van der Waals surface area contributed by atoms with Crippen molar-refractivity contribution in [3.8, 4) is 22.4 Å². The number of imidazole rings is 1. The van der Waals surface area contributed by atoms with Gasteiger partial charge in [0, 0.05) is 35.2 Å². The maximum atomic E-state index is 5.53. The first-order chi connectivity index (χ1) is 22.6. The van der Waals surface area contributed by atoms with Gasteiger partial charge in [-0.1, -0.05) is 129 Å². The first kappa shape index (κ1) is 27.1. The molecule has 0 saturated heterocycles. The van der Waals surface area contributed by atoms with Crippen LogP contribution in [0.3, 0.4) is 0 Å². The molecule has 3 nitrogen and oxygen atoms in total. The molecule has 0 spiro atoms. The van der Waals surface area contributed by atoms with Crippen molar-refractivity contribution in [3.05, 3.63) is 174 Å². The number of fused-ring (bicyclic) bond motifs is 9. The van der Waals surface area contributed by atoms with Crippen LogP contribution in [0.15, 0.2) is 156 Å². The zero-order valence-corrected chi connectivity index (χ0v) is 26.1. The Balaban J connectivity index is 1.18.